The smallest absolute Gasteiger partial charge is 0.280 e. The SMILES string of the molecule is CCCc1cc(NS(=O)(=O)NCC(C)C)n[nH]1. The molecule has 1 heterocycles. The first-order valence-electron chi connectivity index (χ1n) is 5.74. The lowest BCUT2D eigenvalue weighted by molar-refractivity contribution is 0.564. The lowest BCUT2D eigenvalue weighted by Gasteiger charge is -2.08. The van der Waals surface area contributed by atoms with E-state index >= 15 is 0 Å². The minimum Gasteiger partial charge on any atom is -0.280 e. The minimum absolute atomic E-state index is 0.265. The first-order valence-corrected chi connectivity index (χ1v) is 7.23. The van der Waals surface area contributed by atoms with Crippen molar-refractivity contribution in [2.24, 2.45) is 5.92 Å². The van der Waals surface area contributed by atoms with Crippen LogP contribution in [0.5, 0.6) is 0 Å². The van der Waals surface area contributed by atoms with Gasteiger partial charge in [0.2, 0.25) is 0 Å². The predicted octanol–water partition coefficient (Wildman–Crippen LogP) is 1.26. The highest BCUT2D eigenvalue weighted by molar-refractivity contribution is 7.90. The molecule has 98 valence electrons. The maximum absolute atomic E-state index is 11.6. The third-order valence-corrected chi connectivity index (χ3v) is 3.10. The summed E-state index contributed by atoms with van der Waals surface area (Å²) in [6, 6.07) is 1.71. The predicted molar refractivity (Wildman–Crippen MR) is 68.0 cm³/mol. The van der Waals surface area contributed by atoms with E-state index < -0.39 is 10.2 Å². The largest absolute Gasteiger partial charge is 0.300 e. The molecule has 0 bridgehead atoms. The number of H-pyrrole nitrogens is 1. The van der Waals surface area contributed by atoms with Crippen LogP contribution >= 0.6 is 0 Å². The van der Waals surface area contributed by atoms with Crippen molar-refractivity contribution in [2.45, 2.75) is 33.6 Å². The molecule has 0 saturated carbocycles. The first kappa shape index (κ1) is 14.0. The van der Waals surface area contributed by atoms with Crippen LogP contribution < -0.4 is 9.44 Å². The van der Waals surface area contributed by atoms with Gasteiger partial charge in [0.1, 0.15) is 0 Å². The van der Waals surface area contributed by atoms with E-state index in [1.54, 1.807) is 6.07 Å². The lowest BCUT2D eigenvalue weighted by atomic mass is 10.2. The summed E-state index contributed by atoms with van der Waals surface area (Å²) in [5, 5.41) is 6.68. The molecule has 7 heteroatoms. The van der Waals surface area contributed by atoms with Crippen LogP contribution in [0.15, 0.2) is 6.07 Å². The standard InChI is InChI=1S/C10H20N4O2S/c1-4-5-9-6-10(13-12-9)14-17(15,16)11-7-8(2)3/h6,8,11H,4-5,7H2,1-3H3,(H2,12,13,14). The van der Waals surface area contributed by atoms with Gasteiger partial charge < -0.3 is 0 Å². The van der Waals surface area contributed by atoms with Gasteiger partial charge in [0.25, 0.3) is 10.2 Å². The Morgan fingerprint density at radius 2 is 2.18 bits per heavy atom. The molecule has 0 aromatic carbocycles. The Hall–Kier alpha value is -1.08. The van der Waals surface area contributed by atoms with E-state index in [1.165, 1.54) is 0 Å². The van der Waals surface area contributed by atoms with Gasteiger partial charge in [-0.25, -0.2) is 0 Å². The highest BCUT2D eigenvalue weighted by Gasteiger charge is 2.12. The van der Waals surface area contributed by atoms with E-state index in [2.05, 4.69) is 26.6 Å². The molecule has 1 aromatic rings. The van der Waals surface area contributed by atoms with Crippen molar-refractivity contribution in [3.05, 3.63) is 11.8 Å². The Morgan fingerprint density at radius 3 is 2.76 bits per heavy atom. The van der Waals surface area contributed by atoms with Gasteiger partial charge in [-0.15, -0.1) is 0 Å². The van der Waals surface area contributed by atoms with E-state index in [0.717, 1.165) is 18.5 Å². The average molecular weight is 260 g/mol. The molecule has 0 unspecified atom stereocenters. The van der Waals surface area contributed by atoms with E-state index in [0.29, 0.717) is 12.4 Å². The molecular weight excluding hydrogens is 240 g/mol. The maximum atomic E-state index is 11.6. The van der Waals surface area contributed by atoms with E-state index in [4.69, 9.17) is 0 Å². The summed E-state index contributed by atoms with van der Waals surface area (Å²) in [5.41, 5.74) is 0.925. The summed E-state index contributed by atoms with van der Waals surface area (Å²) >= 11 is 0. The first-order chi connectivity index (χ1) is 7.93. The van der Waals surface area contributed by atoms with Crippen molar-refractivity contribution in [2.75, 3.05) is 11.3 Å². The second-order valence-corrected chi connectivity index (χ2v) is 5.88. The summed E-state index contributed by atoms with van der Waals surface area (Å²) in [6.45, 7) is 6.34. The monoisotopic (exact) mass is 260 g/mol. The van der Waals surface area contributed by atoms with E-state index in [-0.39, 0.29) is 5.92 Å². The highest BCUT2D eigenvalue weighted by atomic mass is 32.2. The summed E-state index contributed by atoms with van der Waals surface area (Å²) in [4.78, 5) is 0. The van der Waals surface area contributed by atoms with E-state index in [1.807, 2.05) is 13.8 Å². The number of aryl methyl sites for hydroxylation is 1. The van der Waals surface area contributed by atoms with E-state index in [9.17, 15) is 8.42 Å². The van der Waals surface area contributed by atoms with Gasteiger partial charge in [0, 0.05) is 18.3 Å². The fourth-order valence-electron chi connectivity index (χ4n) is 1.26. The molecule has 0 spiro atoms. The van der Waals surface area contributed by atoms with Crippen molar-refractivity contribution in [1.29, 1.82) is 0 Å². The molecule has 0 fully saturated rings. The minimum atomic E-state index is -3.51. The molecule has 0 aliphatic rings. The molecule has 1 rings (SSSR count). The molecule has 1 aromatic heterocycles. The molecular formula is C10H20N4O2S. The Morgan fingerprint density at radius 1 is 1.47 bits per heavy atom. The van der Waals surface area contributed by atoms with Crippen molar-refractivity contribution in [3.63, 3.8) is 0 Å². The molecule has 0 saturated heterocycles. The van der Waals surface area contributed by atoms with Crippen LogP contribution in [0.3, 0.4) is 0 Å². The zero-order valence-corrected chi connectivity index (χ0v) is 11.3. The van der Waals surface area contributed by atoms with Crippen LogP contribution in [0.4, 0.5) is 5.82 Å². The van der Waals surface area contributed by atoms with Crippen LogP contribution in [-0.4, -0.2) is 25.2 Å². The fourth-order valence-corrected chi connectivity index (χ4v) is 2.27. The number of anilines is 1. The van der Waals surface area contributed by atoms with Crippen molar-refractivity contribution < 1.29 is 8.42 Å². The molecule has 0 atom stereocenters. The number of aromatic amines is 1. The van der Waals surface area contributed by atoms with Crippen molar-refractivity contribution >= 4 is 16.0 Å². The average Bonchev–Trinajstić information content (AvgIpc) is 2.63. The molecule has 3 N–H and O–H groups in total. The summed E-state index contributed by atoms with van der Waals surface area (Å²) in [7, 11) is -3.51. The zero-order valence-electron chi connectivity index (χ0n) is 10.4. The third-order valence-electron chi connectivity index (χ3n) is 2.07. The van der Waals surface area contributed by atoms with Crippen molar-refractivity contribution in [1.82, 2.24) is 14.9 Å². The molecule has 17 heavy (non-hydrogen) atoms. The molecule has 0 aliphatic heterocycles. The summed E-state index contributed by atoms with van der Waals surface area (Å²) in [6.07, 6.45) is 1.84. The highest BCUT2D eigenvalue weighted by Crippen LogP contribution is 2.08. The van der Waals surface area contributed by atoms with Gasteiger partial charge in [0.15, 0.2) is 5.82 Å². The Labute approximate surface area is 102 Å². The summed E-state index contributed by atoms with van der Waals surface area (Å²) in [5.74, 6) is 0.589. The maximum Gasteiger partial charge on any atom is 0.300 e. The lowest BCUT2D eigenvalue weighted by Crippen LogP contribution is -2.32. The number of rotatable bonds is 7. The third kappa shape index (κ3) is 5.18. The molecule has 6 nitrogen and oxygen atoms in total. The number of nitrogens with one attached hydrogen (secondary N) is 3. The second-order valence-electron chi connectivity index (χ2n) is 4.38. The quantitative estimate of drug-likeness (QED) is 0.690. The van der Waals surface area contributed by atoms with Crippen LogP contribution in [0, 0.1) is 5.92 Å². The molecule has 0 aliphatic carbocycles. The summed E-state index contributed by atoms with van der Waals surface area (Å²) < 4.78 is 28.0. The number of hydrogen-bond acceptors (Lipinski definition) is 3. The van der Waals surface area contributed by atoms with Gasteiger partial charge in [-0.2, -0.15) is 18.2 Å². The van der Waals surface area contributed by atoms with Gasteiger partial charge in [-0.05, 0) is 12.3 Å². The van der Waals surface area contributed by atoms with Gasteiger partial charge in [-0.3, -0.25) is 9.82 Å². The normalized spacial score (nSPS) is 12.0. The fraction of sp³-hybridized carbons (Fsp3) is 0.700. The number of nitrogens with zero attached hydrogens (tertiary/aromatic N) is 1. The van der Waals surface area contributed by atoms with Gasteiger partial charge in [0.05, 0.1) is 0 Å². The van der Waals surface area contributed by atoms with Crippen LogP contribution in [0.1, 0.15) is 32.9 Å². The Kier molecular flexibility index (Phi) is 4.95. The topological polar surface area (TPSA) is 86.9 Å². The van der Waals surface area contributed by atoms with Crippen LogP contribution in [0.25, 0.3) is 0 Å². The molecule has 0 radical (unpaired) electrons. The second kappa shape index (κ2) is 6.02. The van der Waals surface area contributed by atoms with Gasteiger partial charge >= 0.3 is 0 Å². The van der Waals surface area contributed by atoms with Crippen LogP contribution in [0.2, 0.25) is 0 Å². The van der Waals surface area contributed by atoms with Gasteiger partial charge in [-0.1, -0.05) is 27.2 Å². The Bertz CT molecular complexity index is 439. The number of aromatic nitrogens is 2. The van der Waals surface area contributed by atoms with Crippen LogP contribution in [-0.2, 0) is 16.6 Å². The number of hydrogen-bond donors (Lipinski definition) is 3. The zero-order chi connectivity index (χ0) is 12.9. The van der Waals surface area contributed by atoms with Crippen molar-refractivity contribution in [3.8, 4) is 0 Å². The molecule has 0 amide bonds. The Balaban J connectivity index is 2.56.